The van der Waals surface area contributed by atoms with Gasteiger partial charge in [0.05, 0.1) is 17.6 Å². The number of nitrogens with zero attached hydrogens (tertiary/aromatic N) is 3. The molecule has 30 heavy (non-hydrogen) atoms. The van der Waals surface area contributed by atoms with Gasteiger partial charge in [0.25, 0.3) is 6.47 Å². The molecule has 0 saturated carbocycles. The molecule has 2 amide bonds. The van der Waals surface area contributed by atoms with Crippen LogP contribution in [0.4, 0.5) is 14.9 Å². The monoisotopic (exact) mass is 417 g/mol. The molecule has 1 aliphatic heterocycles. The Morgan fingerprint density at radius 1 is 1.10 bits per heavy atom. The van der Waals surface area contributed by atoms with Crippen molar-refractivity contribution in [1.82, 2.24) is 20.2 Å². The number of carboxylic acid groups (broad SMARTS) is 1. The average molecular weight is 417 g/mol. The number of pyridine rings is 2. The second kappa shape index (κ2) is 13.2. The number of carbonyl (C=O) groups excluding carboxylic acids is 1. The average Bonchev–Trinajstić information content (AvgIpc) is 2.76. The molecule has 8 nitrogen and oxygen atoms in total. The van der Waals surface area contributed by atoms with Gasteiger partial charge in [0, 0.05) is 18.3 Å². The third-order valence-corrected chi connectivity index (χ3v) is 4.68. The molecule has 1 saturated heterocycles. The lowest BCUT2D eigenvalue weighted by molar-refractivity contribution is -0.122. The molecule has 162 valence electrons. The highest BCUT2D eigenvalue weighted by molar-refractivity contribution is 5.89. The molecule has 0 bridgehead atoms. The smallest absolute Gasteiger partial charge is 0.319 e. The summed E-state index contributed by atoms with van der Waals surface area (Å²) >= 11 is 0. The highest BCUT2D eigenvalue weighted by Gasteiger charge is 2.09. The predicted octanol–water partition coefficient (Wildman–Crippen LogP) is 3.37. The normalized spacial score (nSPS) is 13.6. The summed E-state index contributed by atoms with van der Waals surface area (Å²) in [6, 6.07) is 6.21. The molecule has 0 atom stereocenters. The summed E-state index contributed by atoms with van der Waals surface area (Å²) < 4.78 is 12.9. The Morgan fingerprint density at radius 3 is 2.50 bits per heavy atom. The van der Waals surface area contributed by atoms with Crippen molar-refractivity contribution in [2.45, 2.75) is 32.1 Å². The van der Waals surface area contributed by atoms with Crippen molar-refractivity contribution in [3.63, 3.8) is 0 Å². The fourth-order valence-corrected chi connectivity index (χ4v) is 3.19. The topological polar surface area (TPSA) is 107 Å². The van der Waals surface area contributed by atoms with Gasteiger partial charge in [-0.3, -0.25) is 9.78 Å². The van der Waals surface area contributed by atoms with Crippen molar-refractivity contribution in [1.29, 1.82) is 0 Å². The molecule has 3 heterocycles. The minimum absolute atomic E-state index is 0.231. The van der Waals surface area contributed by atoms with E-state index in [1.807, 2.05) is 0 Å². The van der Waals surface area contributed by atoms with Crippen molar-refractivity contribution in [3.05, 3.63) is 42.6 Å². The van der Waals surface area contributed by atoms with E-state index in [0.29, 0.717) is 17.9 Å². The number of hydrogen-bond acceptors (Lipinski definition) is 5. The van der Waals surface area contributed by atoms with E-state index in [1.54, 1.807) is 24.4 Å². The zero-order valence-electron chi connectivity index (χ0n) is 16.9. The number of rotatable bonds is 7. The molecule has 3 N–H and O–H groups in total. The number of piperidine rings is 1. The Morgan fingerprint density at radius 2 is 1.87 bits per heavy atom. The van der Waals surface area contributed by atoms with Crippen LogP contribution in [0.2, 0.25) is 0 Å². The van der Waals surface area contributed by atoms with Crippen LogP contribution in [0.3, 0.4) is 0 Å². The van der Waals surface area contributed by atoms with Gasteiger partial charge in [-0.15, -0.1) is 0 Å². The molecule has 3 rings (SSSR count). The van der Waals surface area contributed by atoms with E-state index in [4.69, 9.17) is 9.90 Å². The molecular formula is C21H28FN5O3. The number of urea groups is 1. The zero-order valence-corrected chi connectivity index (χ0v) is 16.9. The highest BCUT2D eigenvalue weighted by atomic mass is 19.1. The number of aromatic nitrogens is 2. The van der Waals surface area contributed by atoms with E-state index in [9.17, 15) is 9.18 Å². The van der Waals surface area contributed by atoms with Crippen LogP contribution in [0, 0.1) is 5.95 Å². The summed E-state index contributed by atoms with van der Waals surface area (Å²) in [5, 5.41) is 12.5. The molecule has 0 aliphatic carbocycles. The number of hydrogen-bond donors (Lipinski definition) is 3. The molecule has 1 fully saturated rings. The first kappa shape index (κ1) is 23.2. The number of carbonyl (C=O) groups is 2. The maximum atomic E-state index is 12.9. The Kier molecular flexibility index (Phi) is 10.2. The summed E-state index contributed by atoms with van der Waals surface area (Å²) in [7, 11) is 0. The van der Waals surface area contributed by atoms with Gasteiger partial charge in [0.1, 0.15) is 0 Å². The van der Waals surface area contributed by atoms with Crippen LogP contribution >= 0.6 is 0 Å². The fourth-order valence-electron chi connectivity index (χ4n) is 3.19. The van der Waals surface area contributed by atoms with Gasteiger partial charge in [0.2, 0.25) is 5.95 Å². The molecule has 0 spiro atoms. The third kappa shape index (κ3) is 8.52. The molecule has 0 unspecified atom stereocenters. The summed E-state index contributed by atoms with van der Waals surface area (Å²) in [5.41, 5.74) is 2.01. The minimum Gasteiger partial charge on any atom is -0.483 e. The number of unbranched alkanes of at least 4 members (excludes halogenated alkanes) is 1. The van der Waals surface area contributed by atoms with Gasteiger partial charge < -0.3 is 20.6 Å². The fraction of sp³-hybridized carbons (Fsp3) is 0.429. The first-order valence-corrected chi connectivity index (χ1v) is 10.1. The van der Waals surface area contributed by atoms with Crippen molar-refractivity contribution >= 4 is 18.2 Å². The van der Waals surface area contributed by atoms with E-state index in [0.717, 1.165) is 24.9 Å². The van der Waals surface area contributed by atoms with Crippen LogP contribution in [-0.4, -0.2) is 58.7 Å². The maximum absolute atomic E-state index is 12.9. The van der Waals surface area contributed by atoms with E-state index in [1.165, 1.54) is 44.6 Å². The molecule has 0 aromatic carbocycles. The number of halogens is 1. The molecular weight excluding hydrogens is 389 g/mol. The second-order valence-electron chi connectivity index (χ2n) is 6.90. The van der Waals surface area contributed by atoms with Crippen LogP contribution < -0.4 is 10.6 Å². The Bertz CT molecular complexity index is 765. The van der Waals surface area contributed by atoms with Gasteiger partial charge in [0.15, 0.2) is 0 Å². The number of anilines is 1. The van der Waals surface area contributed by atoms with Gasteiger partial charge in [-0.25, -0.2) is 9.78 Å². The number of nitrogens with one attached hydrogen (secondary N) is 2. The van der Waals surface area contributed by atoms with Gasteiger partial charge >= 0.3 is 6.03 Å². The molecule has 9 heteroatoms. The third-order valence-electron chi connectivity index (χ3n) is 4.68. The van der Waals surface area contributed by atoms with Crippen LogP contribution in [0.1, 0.15) is 32.1 Å². The summed E-state index contributed by atoms with van der Waals surface area (Å²) in [5.74, 6) is -0.523. The lowest BCUT2D eigenvalue weighted by Crippen LogP contribution is -2.32. The van der Waals surface area contributed by atoms with Crippen molar-refractivity contribution in [2.24, 2.45) is 0 Å². The van der Waals surface area contributed by atoms with Gasteiger partial charge in [-0.2, -0.15) is 4.39 Å². The molecule has 2 aromatic rings. The largest absolute Gasteiger partial charge is 0.483 e. The van der Waals surface area contributed by atoms with Gasteiger partial charge in [-0.1, -0.05) is 6.42 Å². The predicted molar refractivity (Wildman–Crippen MR) is 113 cm³/mol. The maximum Gasteiger partial charge on any atom is 0.319 e. The molecule has 2 aromatic heterocycles. The number of likely N-dealkylation sites (tertiary alicyclic amines) is 1. The standard InChI is InChI=1S/C20H26FN5O.CH2O2/c21-19-9-6-16(14-24-19)18-8-7-17(15-23-18)25-20(27)22-10-2-5-13-26-11-3-1-4-12-26;2-1-3/h6-9,14-15H,1-5,10-13H2,(H2,22,25,27);1H,(H,2,3). The van der Waals surface area contributed by atoms with E-state index in [2.05, 4.69) is 25.5 Å². The first-order valence-electron chi connectivity index (χ1n) is 10.1. The van der Waals surface area contributed by atoms with E-state index < -0.39 is 5.95 Å². The summed E-state index contributed by atoms with van der Waals surface area (Å²) in [4.78, 5) is 30.7. The van der Waals surface area contributed by atoms with Crippen LogP contribution in [0.15, 0.2) is 36.7 Å². The van der Waals surface area contributed by atoms with Crippen molar-refractivity contribution in [3.8, 4) is 11.3 Å². The minimum atomic E-state index is -0.523. The quantitative estimate of drug-likeness (QED) is 0.362. The lowest BCUT2D eigenvalue weighted by Gasteiger charge is -2.26. The Hall–Kier alpha value is -3.07. The highest BCUT2D eigenvalue weighted by Crippen LogP contribution is 2.17. The van der Waals surface area contributed by atoms with E-state index in [-0.39, 0.29) is 12.5 Å². The first-order chi connectivity index (χ1) is 14.6. The van der Waals surface area contributed by atoms with Crippen LogP contribution in [0.5, 0.6) is 0 Å². The van der Waals surface area contributed by atoms with Crippen LogP contribution in [-0.2, 0) is 4.79 Å². The molecule has 1 aliphatic rings. The van der Waals surface area contributed by atoms with Crippen LogP contribution in [0.25, 0.3) is 11.3 Å². The molecule has 0 radical (unpaired) electrons. The Labute approximate surface area is 175 Å². The SMILES string of the molecule is O=C(NCCCCN1CCCCC1)Nc1ccc(-c2ccc(F)nc2)nc1.O=CO. The van der Waals surface area contributed by atoms with Gasteiger partial charge in [-0.05, 0) is 69.6 Å². The second-order valence-corrected chi connectivity index (χ2v) is 6.90. The van der Waals surface area contributed by atoms with Crippen molar-refractivity contribution in [2.75, 3.05) is 31.5 Å². The van der Waals surface area contributed by atoms with Crippen molar-refractivity contribution < 1.29 is 19.1 Å². The number of amides is 2. The van der Waals surface area contributed by atoms with E-state index >= 15 is 0 Å². The summed E-state index contributed by atoms with van der Waals surface area (Å²) in [6.07, 6.45) is 9.06. The zero-order chi connectivity index (χ0) is 21.6. The summed E-state index contributed by atoms with van der Waals surface area (Å²) in [6.45, 7) is 3.95. The Balaban J connectivity index is 0.00000101. The lowest BCUT2D eigenvalue weighted by atomic mass is 10.1.